The van der Waals surface area contributed by atoms with Crippen LogP contribution in [0.3, 0.4) is 0 Å². The number of halogens is 1. The molecule has 0 amide bonds. The maximum absolute atomic E-state index is 10.1. The first-order valence-electron chi connectivity index (χ1n) is 3.46. The third kappa shape index (κ3) is 2.39. The molecular formula is C8H8BrNO2. The van der Waals surface area contributed by atoms with Crippen LogP contribution in [0, 0.1) is 0 Å². The van der Waals surface area contributed by atoms with Gasteiger partial charge in [0.05, 0.1) is 6.10 Å². The van der Waals surface area contributed by atoms with E-state index in [-0.39, 0.29) is 6.42 Å². The van der Waals surface area contributed by atoms with Crippen LogP contribution in [0.4, 0.5) is 0 Å². The van der Waals surface area contributed by atoms with Crippen LogP contribution >= 0.6 is 15.9 Å². The van der Waals surface area contributed by atoms with Gasteiger partial charge >= 0.3 is 0 Å². The Hall–Kier alpha value is -0.740. The normalized spacial score (nSPS) is 12.5. The summed E-state index contributed by atoms with van der Waals surface area (Å²) in [7, 11) is 0. The van der Waals surface area contributed by atoms with Gasteiger partial charge in [-0.25, -0.2) is 0 Å². The average Bonchev–Trinajstić information content (AvgIpc) is 2.05. The number of aliphatic hydroxyl groups is 1. The summed E-state index contributed by atoms with van der Waals surface area (Å²) in [5.41, 5.74) is 0.650. The maximum Gasteiger partial charge on any atom is 0.122 e. The third-order valence-electron chi connectivity index (χ3n) is 1.43. The van der Waals surface area contributed by atoms with Crippen molar-refractivity contribution in [2.45, 2.75) is 12.5 Å². The number of hydrogen-bond donors (Lipinski definition) is 1. The first-order valence-corrected chi connectivity index (χ1v) is 4.25. The zero-order chi connectivity index (χ0) is 8.97. The topological polar surface area (TPSA) is 50.2 Å². The fourth-order valence-corrected chi connectivity index (χ4v) is 1.22. The lowest BCUT2D eigenvalue weighted by molar-refractivity contribution is -0.109. The standard InChI is InChI=1S/C8H8BrNO2/c9-7-3-6(4-10-5-7)8(12)1-2-11/h2-5,8,12H,1H2. The van der Waals surface area contributed by atoms with E-state index in [9.17, 15) is 9.90 Å². The molecule has 1 rings (SSSR count). The Kier molecular flexibility index (Phi) is 3.37. The lowest BCUT2D eigenvalue weighted by atomic mass is 10.1. The van der Waals surface area contributed by atoms with Crippen molar-refractivity contribution < 1.29 is 9.90 Å². The molecule has 1 atom stereocenters. The van der Waals surface area contributed by atoms with E-state index in [1.165, 1.54) is 0 Å². The van der Waals surface area contributed by atoms with Crippen LogP contribution < -0.4 is 0 Å². The van der Waals surface area contributed by atoms with Crippen molar-refractivity contribution in [2.24, 2.45) is 0 Å². The van der Waals surface area contributed by atoms with Crippen molar-refractivity contribution >= 4 is 22.2 Å². The summed E-state index contributed by atoms with van der Waals surface area (Å²) in [5.74, 6) is 0. The Balaban J connectivity index is 2.80. The van der Waals surface area contributed by atoms with Gasteiger partial charge in [-0.3, -0.25) is 4.98 Å². The van der Waals surface area contributed by atoms with Crippen LogP contribution in [0.1, 0.15) is 18.1 Å². The number of pyridine rings is 1. The molecule has 1 unspecified atom stereocenters. The summed E-state index contributed by atoms with van der Waals surface area (Å²) in [4.78, 5) is 13.9. The highest BCUT2D eigenvalue weighted by Gasteiger charge is 2.06. The molecule has 3 nitrogen and oxygen atoms in total. The lowest BCUT2D eigenvalue weighted by Gasteiger charge is -2.05. The molecule has 12 heavy (non-hydrogen) atoms. The number of aliphatic hydroxyl groups excluding tert-OH is 1. The van der Waals surface area contributed by atoms with E-state index in [0.717, 1.165) is 4.47 Å². The van der Waals surface area contributed by atoms with Crippen LogP contribution in [0.15, 0.2) is 22.9 Å². The van der Waals surface area contributed by atoms with Gasteiger partial charge in [0.25, 0.3) is 0 Å². The molecule has 0 bridgehead atoms. The van der Waals surface area contributed by atoms with Gasteiger partial charge < -0.3 is 9.90 Å². The number of hydrogen-bond acceptors (Lipinski definition) is 3. The Morgan fingerprint density at radius 2 is 2.42 bits per heavy atom. The largest absolute Gasteiger partial charge is 0.388 e. The summed E-state index contributed by atoms with van der Waals surface area (Å²) in [6, 6.07) is 1.74. The monoisotopic (exact) mass is 229 g/mol. The van der Waals surface area contributed by atoms with Gasteiger partial charge in [0.1, 0.15) is 6.29 Å². The van der Waals surface area contributed by atoms with E-state index in [1.807, 2.05) is 0 Å². The number of carbonyl (C=O) groups excluding carboxylic acids is 1. The molecule has 0 spiro atoms. The quantitative estimate of drug-likeness (QED) is 0.800. The molecule has 1 aromatic heterocycles. The van der Waals surface area contributed by atoms with E-state index in [2.05, 4.69) is 20.9 Å². The third-order valence-corrected chi connectivity index (χ3v) is 1.86. The van der Waals surface area contributed by atoms with Crippen molar-refractivity contribution in [3.8, 4) is 0 Å². The van der Waals surface area contributed by atoms with Crippen molar-refractivity contribution in [1.29, 1.82) is 0 Å². The second-order valence-electron chi connectivity index (χ2n) is 2.35. The molecule has 4 heteroatoms. The minimum atomic E-state index is -0.743. The molecule has 1 N–H and O–H groups in total. The lowest BCUT2D eigenvalue weighted by Crippen LogP contribution is -1.98. The summed E-state index contributed by atoms with van der Waals surface area (Å²) in [6.45, 7) is 0. The Morgan fingerprint density at radius 1 is 1.67 bits per heavy atom. The highest BCUT2D eigenvalue weighted by Crippen LogP contribution is 2.17. The minimum absolute atomic E-state index is 0.109. The zero-order valence-electron chi connectivity index (χ0n) is 6.27. The molecule has 0 radical (unpaired) electrons. The molecule has 0 aliphatic rings. The van der Waals surface area contributed by atoms with Crippen molar-refractivity contribution in [3.05, 3.63) is 28.5 Å². The first-order chi connectivity index (χ1) is 5.74. The molecule has 0 saturated heterocycles. The minimum Gasteiger partial charge on any atom is -0.388 e. The van der Waals surface area contributed by atoms with Gasteiger partial charge in [0, 0.05) is 28.9 Å². The first kappa shape index (κ1) is 9.35. The van der Waals surface area contributed by atoms with Gasteiger partial charge in [-0.05, 0) is 22.0 Å². The highest BCUT2D eigenvalue weighted by atomic mass is 79.9. The Labute approximate surface area is 78.6 Å². The van der Waals surface area contributed by atoms with Crippen molar-refractivity contribution in [1.82, 2.24) is 4.98 Å². The number of aldehydes is 1. The maximum atomic E-state index is 10.1. The molecule has 0 aliphatic carbocycles. The van der Waals surface area contributed by atoms with Gasteiger partial charge in [0.15, 0.2) is 0 Å². The van der Waals surface area contributed by atoms with Crippen LogP contribution in [0.5, 0.6) is 0 Å². The molecule has 64 valence electrons. The Morgan fingerprint density at radius 3 is 3.00 bits per heavy atom. The van der Waals surface area contributed by atoms with Crippen molar-refractivity contribution in [2.75, 3.05) is 0 Å². The summed E-state index contributed by atoms with van der Waals surface area (Å²) >= 11 is 3.22. The summed E-state index contributed by atoms with van der Waals surface area (Å²) in [5, 5.41) is 9.35. The molecular weight excluding hydrogens is 222 g/mol. The van der Waals surface area contributed by atoms with Gasteiger partial charge in [-0.1, -0.05) is 0 Å². The predicted octanol–water partition coefficient (Wildman–Crippen LogP) is 1.47. The molecule has 1 aromatic rings. The second kappa shape index (κ2) is 4.33. The van der Waals surface area contributed by atoms with Crippen LogP contribution in [0.25, 0.3) is 0 Å². The summed E-state index contributed by atoms with van der Waals surface area (Å²) in [6.07, 6.45) is 3.22. The van der Waals surface area contributed by atoms with E-state index in [0.29, 0.717) is 11.8 Å². The number of nitrogens with zero attached hydrogens (tertiary/aromatic N) is 1. The van der Waals surface area contributed by atoms with Crippen molar-refractivity contribution in [3.63, 3.8) is 0 Å². The van der Waals surface area contributed by atoms with Crippen LogP contribution in [0.2, 0.25) is 0 Å². The van der Waals surface area contributed by atoms with E-state index >= 15 is 0 Å². The van der Waals surface area contributed by atoms with Gasteiger partial charge in [-0.2, -0.15) is 0 Å². The van der Waals surface area contributed by atoms with Crippen LogP contribution in [-0.2, 0) is 4.79 Å². The smallest absolute Gasteiger partial charge is 0.122 e. The zero-order valence-corrected chi connectivity index (χ0v) is 7.86. The van der Waals surface area contributed by atoms with Gasteiger partial charge in [-0.15, -0.1) is 0 Å². The van der Waals surface area contributed by atoms with E-state index in [4.69, 9.17) is 0 Å². The fraction of sp³-hybridized carbons (Fsp3) is 0.250. The van der Waals surface area contributed by atoms with E-state index in [1.54, 1.807) is 18.5 Å². The highest BCUT2D eigenvalue weighted by molar-refractivity contribution is 9.10. The SMILES string of the molecule is O=CCC(O)c1cncc(Br)c1. The summed E-state index contributed by atoms with van der Waals surface area (Å²) < 4.78 is 0.796. The number of aromatic nitrogens is 1. The fourth-order valence-electron chi connectivity index (χ4n) is 0.838. The van der Waals surface area contributed by atoms with E-state index < -0.39 is 6.10 Å². The molecule has 0 saturated carbocycles. The molecule has 0 aromatic carbocycles. The van der Waals surface area contributed by atoms with Crippen LogP contribution in [-0.4, -0.2) is 16.4 Å². The molecule has 0 fully saturated rings. The number of rotatable bonds is 3. The molecule has 1 heterocycles. The number of carbonyl (C=O) groups is 1. The second-order valence-corrected chi connectivity index (χ2v) is 3.27. The Bertz CT molecular complexity index is 278. The molecule has 0 aliphatic heterocycles. The average molecular weight is 230 g/mol. The predicted molar refractivity (Wildman–Crippen MR) is 47.6 cm³/mol. The van der Waals surface area contributed by atoms with Gasteiger partial charge in [0.2, 0.25) is 0 Å².